The lowest BCUT2D eigenvalue weighted by atomic mass is 10.1. The second-order valence-corrected chi connectivity index (χ2v) is 4.59. The van der Waals surface area contributed by atoms with Crippen LogP contribution in [0, 0.1) is 10.1 Å². The smallest absolute Gasteiger partial charge is 0.269 e. The highest BCUT2D eigenvalue weighted by Gasteiger charge is 2.04. The molecule has 6 nitrogen and oxygen atoms in total. The molecule has 0 aliphatic heterocycles. The van der Waals surface area contributed by atoms with Crippen LogP contribution in [0.15, 0.2) is 48.5 Å². The van der Waals surface area contributed by atoms with Gasteiger partial charge in [0.25, 0.3) is 5.69 Å². The van der Waals surface area contributed by atoms with Crippen molar-refractivity contribution in [2.24, 2.45) is 5.73 Å². The van der Waals surface area contributed by atoms with Crippen LogP contribution in [0.3, 0.4) is 0 Å². The Bertz CT molecular complexity index is 653. The van der Waals surface area contributed by atoms with Gasteiger partial charge in [-0.25, -0.2) is 0 Å². The Morgan fingerprint density at radius 3 is 2.38 bits per heavy atom. The fraction of sp³-hybridized carbons (Fsp3) is 0.133. The Morgan fingerprint density at radius 1 is 1.10 bits per heavy atom. The molecule has 0 atom stereocenters. The Hall–Kier alpha value is -2.73. The largest absolute Gasteiger partial charge is 0.366 e. The molecule has 2 rings (SSSR count). The summed E-state index contributed by atoms with van der Waals surface area (Å²) in [5, 5.41) is 13.8. The Balaban J connectivity index is 1.90. The molecule has 2 aromatic carbocycles. The van der Waals surface area contributed by atoms with E-state index < -0.39 is 10.8 Å². The molecule has 0 radical (unpaired) electrons. The van der Waals surface area contributed by atoms with Crippen LogP contribution < -0.4 is 11.1 Å². The number of nitro groups is 1. The van der Waals surface area contributed by atoms with Crippen molar-refractivity contribution in [2.75, 3.05) is 0 Å². The maximum Gasteiger partial charge on any atom is 0.269 e. The zero-order valence-electron chi connectivity index (χ0n) is 11.3. The number of primary amides is 1. The summed E-state index contributed by atoms with van der Waals surface area (Å²) in [5.74, 6) is -0.452. The number of carbonyl (C=O) groups excluding carboxylic acids is 1. The molecular formula is C15H15N3O3. The molecule has 0 fully saturated rings. The van der Waals surface area contributed by atoms with E-state index in [-0.39, 0.29) is 5.69 Å². The average Bonchev–Trinajstić information content (AvgIpc) is 2.48. The molecule has 0 bridgehead atoms. The van der Waals surface area contributed by atoms with Gasteiger partial charge < -0.3 is 11.1 Å². The maximum absolute atomic E-state index is 11.1. The van der Waals surface area contributed by atoms with Gasteiger partial charge in [0, 0.05) is 30.8 Å². The van der Waals surface area contributed by atoms with E-state index in [1.54, 1.807) is 30.3 Å². The van der Waals surface area contributed by atoms with Crippen LogP contribution in [-0.2, 0) is 13.1 Å². The molecule has 3 N–H and O–H groups in total. The highest BCUT2D eigenvalue weighted by atomic mass is 16.6. The first kappa shape index (κ1) is 14.7. The van der Waals surface area contributed by atoms with Gasteiger partial charge in [0.1, 0.15) is 0 Å². The summed E-state index contributed by atoms with van der Waals surface area (Å²) in [6.45, 7) is 1.16. The van der Waals surface area contributed by atoms with E-state index in [9.17, 15) is 14.9 Å². The van der Waals surface area contributed by atoms with E-state index in [0.29, 0.717) is 18.7 Å². The lowest BCUT2D eigenvalue weighted by Gasteiger charge is -2.06. The number of benzene rings is 2. The highest BCUT2D eigenvalue weighted by Crippen LogP contribution is 2.12. The Kier molecular flexibility index (Phi) is 4.63. The van der Waals surface area contributed by atoms with Crippen LogP contribution in [0.1, 0.15) is 21.5 Å². The zero-order valence-corrected chi connectivity index (χ0v) is 11.3. The third-order valence-corrected chi connectivity index (χ3v) is 3.02. The normalized spacial score (nSPS) is 10.3. The van der Waals surface area contributed by atoms with Crippen molar-refractivity contribution in [1.82, 2.24) is 5.32 Å². The van der Waals surface area contributed by atoms with E-state index >= 15 is 0 Å². The number of carbonyl (C=O) groups is 1. The lowest BCUT2D eigenvalue weighted by Crippen LogP contribution is -2.14. The van der Waals surface area contributed by atoms with Crippen molar-refractivity contribution >= 4 is 11.6 Å². The van der Waals surface area contributed by atoms with Crippen molar-refractivity contribution < 1.29 is 9.72 Å². The van der Waals surface area contributed by atoms with Gasteiger partial charge in [-0.2, -0.15) is 0 Å². The molecule has 0 aliphatic rings. The SMILES string of the molecule is NC(=O)c1cccc(CNCc2ccc([N+](=O)[O-])cc2)c1. The number of nitrogens with two attached hydrogens (primary N) is 1. The van der Waals surface area contributed by atoms with Crippen LogP contribution >= 0.6 is 0 Å². The molecule has 0 saturated carbocycles. The predicted molar refractivity (Wildman–Crippen MR) is 78.6 cm³/mol. The Morgan fingerprint density at radius 2 is 1.76 bits per heavy atom. The number of nitro benzene ring substituents is 1. The fourth-order valence-corrected chi connectivity index (χ4v) is 1.92. The average molecular weight is 285 g/mol. The molecule has 0 spiro atoms. The molecule has 21 heavy (non-hydrogen) atoms. The first-order valence-corrected chi connectivity index (χ1v) is 6.39. The minimum absolute atomic E-state index is 0.0768. The Labute approximate surface area is 121 Å². The number of nitrogens with one attached hydrogen (secondary N) is 1. The van der Waals surface area contributed by atoms with Gasteiger partial charge in [0.15, 0.2) is 0 Å². The van der Waals surface area contributed by atoms with Gasteiger partial charge in [0.2, 0.25) is 5.91 Å². The van der Waals surface area contributed by atoms with Gasteiger partial charge >= 0.3 is 0 Å². The second kappa shape index (κ2) is 6.62. The number of non-ortho nitro benzene ring substituents is 1. The summed E-state index contributed by atoms with van der Waals surface area (Å²) < 4.78 is 0. The summed E-state index contributed by atoms with van der Waals surface area (Å²) in [4.78, 5) is 21.2. The van der Waals surface area contributed by atoms with Gasteiger partial charge in [-0.1, -0.05) is 24.3 Å². The molecule has 108 valence electrons. The molecule has 2 aromatic rings. The second-order valence-electron chi connectivity index (χ2n) is 4.59. The molecular weight excluding hydrogens is 270 g/mol. The minimum atomic E-state index is -0.452. The van der Waals surface area contributed by atoms with Crippen molar-refractivity contribution in [3.8, 4) is 0 Å². The first-order chi connectivity index (χ1) is 10.1. The molecule has 0 unspecified atom stereocenters. The van der Waals surface area contributed by atoms with Crippen molar-refractivity contribution in [3.05, 3.63) is 75.3 Å². The predicted octanol–water partition coefficient (Wildman–Crippen LogP) is 1.98. The third-order valence-electron chi connectivity index (χ3n) is 3.02. The summed E-state index contributed by atoms with van der Waals surface area (Å²) in [7, 11) is 0. The summed E-state index contributed by atoms with van der Waals surface area (Å²) in [6.07, 6.45) is 0. The van der Waals surface area contributed by atoms with Crippen LogP contribution in [0.4, 0.5) is 5.69 Å². The number of rotatable bonds is 6. The van der Waals surface area contributed by atoms with Crippen LogP contribution in [0.5, 0.6) is 0 Å². The summed E-state index contributed by atoms with van der Waals surface area (Å²) in [5.41, 5.74) is 7.68. The topological polar surface area (TPSA) is 98.3 Å². The standard InChI is InChI=1S/C15H15N3O3/c16-15(19)13-3-1-2-12(8-13)10-17-9-11-4-6-14(7-5-11)18(20)21/h1-8,17H,9-10H2,(H2,16,19). The monoisotopic (exact) mass is 285 g/mol. The van der Waals surface area contributed by atoms with E-state index in [2.05, 4.69) is 5.32 Å². The van der Waals surface area contributed by atoms with Gasteiger partial charge in [-0.05, 0) is 23.3 Å². The molecule has 0 aromatic heterocycles. The van der Waals surface area contributed by atoms with Crippen LogP contribution in [0.2, 0.25) is 0 Å². The minimum Gasteiger partial charge on any atom is -0.366 e. The van der Waals surface area contributed by atoms with Gasteiger partial charge in [0.05, 0.1) is 4.92 Å². The number of hydrogen-bond donors (Lipinski definition) is 2. The van der Waals surface area contributed by atoms with Crippen molar-refractivity contribution in [2.45, 2.75) is 13.1 Å². The molecule has 6 heteroatoms. The molecule has 0 saturated heterocycles. The number of nitrogens with zero attached hydrogens (tertiary/aromatic N) is 1. The fourth-order valence-electron chi connectivity index (χ4n) is 1.92. The van der Waals surface area contributed by atoms with E-state index in [0.717, 1.165) is 11.1 Å². The van der Waals surface area contributed by atoms with E-state index in [1.165, 1.54) is 12.1 Å². The molecule has 0 aliphatic carbocycles. The first-order valence-electron chi connectivity index (χ1n) is 6.39. The van der Waals surface area contributed by atoms with Crippen molar-refractivity contribution in [3.63, 3.8) is 0 Å². The summed E-state index contributed by atoms with van der Waals surface area (Å²) in [6, 6.07) is 13.5. The number of hydrogen-bond acceptors (Lipinski definition) is 4. The molecule has 1 amide bonds. The number of amides is 1. The molecule has 0 heterocycles. The third kappa shape index (κ3) is 4.12. The van der Waals surface area contributed by atoms with Gasteiger partial charge in [-0.15, -0.1) is 0 Å². The van der Waals surface area contributed by atoms with Crippen LogP contribution in [-0.4, -0.2) is 10.8 Å². The van der Waals surface area contributed by atoms with E-state index in [1.807, 2.05) is 6.07 Å². The van der Waals surface area contributed by atoms with Crippen LogP contribution in [0.25, 0.3) is 0 Å². The van der Waals surface area contributed by atoms with E-state index in [4.69, 9.17) is 5.73 Å². The maximum atomic E-state index is 11.1. The van der Waals surface area contributed by atoms with Crippen molar-refractivity contribution in [1.29, 1.82) is 0 Å². The van der Waals surface area contributed by atoms with Gasteiger partial charge in [-0.3, -0.25) is 14.9 Å². The highest BCUT2D eigenvalue weighted by molar-refractivity contribution is 5.92. The zero-order chi connectivity index (χ0) is 15.2. The quantitative estimate of drug-likeness (QED) is 0.626. The summed E-state index contributed by atoms with van der Waals surface area (Å²) >= 11 is 0. The lowest BCUT2D eigenvalue weighted by molar-refractivity contribution is -0.384.